The summed E-state index contributed by atoms with van der Waals surface area (Å²) in [6.45, 7) is 1.73. The van der Waals surface area contributed by atoms with Gasteiger partial charge in [0.25, 0.3) is 0 Å². The molecule has 0 unspecified atom stereocenters. The van der Waals surface area contributed by atoms with Crippen molar-refractivity contribution in [1.29, 1.82) is 0 Å². The number of nitrogens with one attached hydrogen (secondary N) is 2. The molecule has 0 aliphatic heterocycles. The van der Waals surface area contributed by atoms with Crippen molar-refractivity contribution in [3.63, 3.8) is 0 Å². The Labute approximate surface area is 159 Å². The van der Waals surface area contributed by atoms with Gasteiger partial charge < -0.3 is 4.74 Å². The highest BCUT2D eigenvalue weighted by molar-refractivity contribution is 7.91. The minimum absolute atomic E-state index is 0.163. The molecule has 0 amide bonds. The molecule has 3 rings (SSSR count). The first-order chi connectivity index (χ1) is 13.1. The van der Waals surface area contributed by atoms with Gasteiger partial charge in [0.05, 0.1) is 11.4 Å². The number of aromatic amines is 1. The van der Waals surface area contributed by atoms with Gasteiger partial charge >= 0.3 is 6.36 Å². The number of H-pyrrole nitrogens is 1. The number of benzene rings is 2. The van der Waals surface area contributed by atoms with Gasteiger partial charge in [-0.15, -0.1) is 13.2 Å². The topological polar surface area (TPSA) is 84.1 Å². The fraction of sp³-hybridized carbons (Fsp3) is 0.167. The minimum Gasteiger partial charge on any atom is -0.406 e. The van der Waals surface area contributed by atoms with E-state index in [1.54, 1.807) is 6.92 Å². The fourth-order valence-electron chi connectivity index (χ4n) is 2.57. The second-order valence-electron chi connectivity index (χ2n) is 5.99. The highest BCUT2D eigenvalue weighted by Gasteiger charge is 2.31. The van der Waals surface area contributed by atoms with Crippen LogP contribution >= 0.6 is 0 Å². The van der Waals surface area contributed by atoms with Crippen molar-refractivity contribution in [2.24, 2.45) is 0 Å². The van der Waals surface area contributed by atoms with Gasteiger partial charge in [-0.2, -0.15) is 5.10 Å². The molecule has 0 fully saturated rings. The van der Waals surface area contributed by atoms with Gasteiger partial charge in [-0.1, -0.05) is 42.5 Å². The van der Waals surface area contributed by atoms with Crippen molar-refractivity contribution in [2.75, 3.05) is 4.72 Å². The molecule has 0 radical (unpaired) electrons. The zero-order chi connectivity index (χ0) is 20.4. The van der Waals surface area contributed by atoms with Crippen LogP contribution in [-0.4, -0.2) is 25.0 Å². The van der Waals surface area contributed by atoms with Gasteiger partial charge in [0, 0.05) is 5.56 Å². The van der Waals surface area contributed by atoms with Gasteiger partial charge in [0.1, 0.15) is 5.75 Å². The molecule has 0 atom stereocenters. The van der Waals surface area contributed by atoms with Crippen molar-refractivity contribution in [1.82, 2.24) is 10.2 Å². The van der Waals surface area contributed by atoms with Crippen LogP contribution in [0.4, 0.5) is 19.0 Å². The Morgan fingerprint density at radius 2 is 1.71 bits per heavy atom. The van der Waals surface area contributed by atoms with Crippen LogP contribution < -0.4 is 9.46 Å². The molecule has 10 heteroatoms. The summed E-state index contributed by atoms with van der Waals surface area (Å²) in [5.41, 5.74) is 2.48. The highest BCUT2D eigenvalue weighted by atomic mass is 32.2. The van der Waals surface area contributed by atoms with Crippen LogP contribution in [0.3, 0.4) is 0 Å². The molecule has 0 aliphatic carbocycles. The standard InChI is InChI=1S/C18H16F3N3O3S/c1-12-16(14-5-3-2-4-6-14)22-23-17(12)24-28(25,26)11-13-7-9-15(10-8-13)27-18(19,20)21/h2-10H,11H2,1H3,(H2,22,23,24). The van der Waals surface area contributed by atoms with Crippen molar-refractivity contribution >= 4 is 15.8 Å². The summed E-state index contributed by atoms with van der Waals surface area (Å²) in [7, 11) is -3.82. The number of hydrogen-bond acceptors (Lipinski definition) is 4. The Morgan fingerprint density at radius 3 is 2.32 bits per heavy atom. The van der Waals surface area contributed by atoms with E-state index in [1.807, 2.05) is 30.3 Å². The van der Waals surface area contributed by atoms with Crippen molar-refractivity contribution in [3.05, 3.63) is 65.7 Å². The first-order valence-electron chi connectivity index (χ1n) is 8.08. The van der Waals surface area contributed by atoms with E-state index in [1.165, 1.54) is 12.1 Å². The maximum Gasteiger partial charge on any atom is 0.573 e. The second-order valence-corrected chi connectivity index (χ2v) is 7.71. The van der Waals surface area contributed by atoms with E-state index in [9.17, 15) is 21.6 Å². The Morgan fingerprint density at radius 1 is 1.07 bits per heavy atom. The summed E-state index contributed by atoms with van der Waals surface area (Å²) in [6.07, 6.45) is -4.80. The van der Waals surface area contributed by atoms with Gasteiger partial charge in [0.2, 0.25) is 10.0 Å². The third kappa shape index (κ3) is 5.03. The molecule has 0 aliphatic rings. The molecule has 0 saturated heterocycles. The molecule has 148 valence electrons. The van der Waals surface area contributed by atoms with Crippen LogP contribution in [0.1, 0.15) is 11.1 Å². The smallest absolute Gasteiger partial charge is 0.406 e. The summed E-state index contributed by atoms with van der Waals surface area (Å²) < 4.78 is 67.5. The van der Waals surface area contributed by atoms with E-state index in [-0.39, 0.29) is 5.82 Å². The molecular formula is C18H16F3N3O3S. The normalized spacial score (nSPS) is 12.0. The lowest BCUT2D eigenvalue weighted by molar-refractivity contribution is -0.274. The third-order valence-electron chi connectivity index (χ3n) is 3.84. The molecule has 1 aromatic heterocycles. The number of alkyl halides is 3. The average Bonchev–Trinajstić information content (AvgIpc) is 2.96. The summed E-state index contributed by atoms with van der Waals surface area (Å²) in [6, 6.07) is 13.9. The van der Waals surface area contributed by atoms with Crippen molar-refractivity contribution < 1.29 is 26.3 Å². The molecule has 0 bridgehead atoms. The number of nitrogens with zero attached hydrogens (tertiary/aromatic N) is 1. The zero-order valence-electron chi connectivity index (χ0n) is 14.6. The van der Waals surface area contributed by atoms with E-state index >= 15 is 0 Å². The molecule has 0 saturated carbocycles. The maximum absolute atomic E-state index is 12.4. The Bertz CT molecular complexity index is 1050. The summed E-state index contributed by atoms with van der Waals surface area (Å²) in [5, 5.41) is 6.82. The quantitative estimate of drug-likeness (QED) is 0.636. The summed E-state index contributed by atoms with van der Waals surface area (Å²) in [4.78, 5) is 0. The largest absolute Gasteiger partial charge is 0.573 e. The number of anilines is 1. The zero-order valence-corrected chi connectivity index (χ0v) is 15.4. The lowest BCUT2D eigenvalue weighted by atomic mass is 10.1. The summed E-state index contributed by atoms with van der Waals surface area (Å²) in [5.74, 6) is -0.681. The van der Waals surface area contributed by atoms with E-state index in [0.29, 0.717) is 16.8 Å². The first kappa shape index (κ1) is 19.7. The van der Waals surface area contributed by atoms with E-state index in [4.69, 9.17) is 0 Å². The number of aromatic nitrogens is 2. The molecule has 0 spiro atoms. The predicted octanol–water partition coefficient (Wildman–Crippen LogP) is 4.23. The monoisotopic (exact) mass is 411 g/mol. The van der Waals surface area contributed by atoms with Crippen LogP contribution in [0.15, 0.2) is 54.6 Å². The van der Waals surface area contributed by atoms with Crippen molar-refractivity contribution in [2.45, 2.75) is 19.0 Å². The number of rotatable bonds is 6. The summed E-state index contributed by atoms with van der Waals surface area (Å²) >= 11 is 0. The second kappa shape index (κ2) is 7.55. The van der Waals surface area contributed by atoms with E-state index in [2.05, 4.69) is 19.7 Å². The van der Waals surface area contributed by atoms with Crippen LogP contribution in [0.25, 0.3) is 11.3 Å². The number of hydrogen-bond donors (Lipinski definition) is 2. The molecule has 28 heavy (non-hydrogen) atoms. The first-order valence-corrected chi connectivity index (χ1v) is 9.74. The molecule has 1 heterocycles. The molecule has 3 aromatic rings. The van der Waals surface area contributed by atoms with E-state index in [0.717, 1.165) is 17.7 Å². The molecular weight excluding hydrogens is 395 g/mol. The number of ether oxygens (including phenoxy) is 1. The predicted molar refractivity (Wildman–Crippen MR) is 98.1 cm³/mol. The molecule has 2 aromatic carbocycles. The lowest BCUT2D eigenvalue weighted by Crippen LogP contribution is -2.17. The third-order valence-corrected chi connectivity index (χ3v) is 5.06. The van der Waals surface area contributed by atoms with Gasteiger partial charge in [-0.25, -0.2) is 8.42 Å². The SMILES string of the molecule is Cc1c(NS(=O)(=O)Cc2ccc(OC(F)(F)F)cc2)n[nH]c1-c1ccccc1. The van der Waals surface area contributed by atoms with Crippen molar-refractivity contribution in [3.8, 4) is 17.0 Å². The van der Waals surface area contributed by atoms with Gasteiger partial charge in [-0.3, -0.25) is 9.82 Å². The van der Waals surface area contributed by atoms with Gasteiger partial charge in [0.15, 0.2) is 5.82 Å². The van der Waals surface area contributed by atoms with Crippen LogP contribution in [0.2, 0.25) is 0 Å². The van der Waals surface area contributed by atoms with E-state index < -0.39 is 27.9 Å². The lowest BCUT2D eigenvalue weighted by Gasteiger charge is -2.10. The van der Waals surface area contributed by atoms with Crippen LogP contribution in [0.5, 0.6) is 5.75 Å². The Hall–Kier alpha value is -3.01. The number of halogens is 3. The number of sulfonamides is 1. The minimum atomic E-state index is -4.80. The highest BCUT2D eigenvalue weighted by Crippen LogP contribution is 2.27. The van der Waals surface area contributed by atoms with Gasteiger partial charge in [-0.05, 0) is 30.2 Å². The molecule has 2 N–H and O–H groups in total. The molecule has 6 nitrogen and oxygen atoms in total. The average molecular weight is 411 g/mol. The van der Waals surface area contributed by atoms with Crippen LogP contribution in [0, 0.1) is 6.92 Å². The Kier molecular flexibility index (Phi) is 5.32. The maximum atomic E-state index is 12.4. The van der Waals surface area contributed by atoms with Crippen LogP contribution in [-0.2, 0) is 15.8 Å². The fourth-order valence-corrected chi connectivity index (χ4v) is 3.77. The Balaban J connectivity index is 1.72.